The second-order valence-electron chi connectivity index (χ2n) is 6.23. The number of thioether (sulfide) groups is 1. The maximum Gasteiger partial charge on any atom is 0.220 e. The molecule has 0 spiro atoms. The molecule has 0 aliphatic carbocycles. The lowest BCUT2D eigenvalue weighted by atomic mass is 10.0. The fourth-order valence-electron chi connectivity index (χ4n) is 3.03. The van der Waals surface area contributed by atoms with Gasteiger partial charge in [-0.15, -0.1) is 0 Å². The zero-order chi connectivity index (χ0) is 17.9. The van der Waals surface area contributed by atoms with Crippen LogP contribution in [-0.2, 0) is 14.3 Å². The number of unbranched alkanes of at least 4 members (excludes halogenated alkanes) is 1. The topological polar surface area (TPSA) is 97.6 Å². The molecule has 9 heteroatoms. The Morgan fingerprint density at radius 1 is 1.24 bits per heavy atom. The molecule has 7 nitrogen and oxygen atoms in total. The van der Waals surface area contributed by atoms with Crippen LogP contribution >= 0.6 is 24.0 Å². The van der Waals surface area contributed by atoms with E-state index in [-0.39, 0.29) is 5.91 Å². The van der Waals surface area contributed by atoms with E-state index in [4.69, 9.17) is 27.4 Å². The first-order chi connectivity index (χ1) is 12.2. The molecule has 1 amide bonds. The summed E-state index contributed by atoms with van der Waals surface area (Å²) in [5, 5.41) is 10.9. The highest BCUT2D eigenvalue weighted by atomic mass is 32.2. The number of carbonyl (C=O) groups is 1. The largest absolute Gasteiger partial charge is 0.378 e. The Bertz CT molecular complexity index is 428. The quantitative estimate of drug-likeness (QED) is 0.257. The number of hydrogen-bond donors (Lipinski definition) is 4. The van der Waals surface area contributed by atoms with E-state index < -0.39 is 0 Å². The number of nitrogens with one attached hydrogen (secondary N) is 3. The smallest absolute Gasteiger partial charge is 0.220 e. The summed E-state index contributed by atoms with van der Waals surface area (Å²) in [6.45, 7) is 3.21. The van der Waals surface area contributed by atoms with Gasteiger partial charge in [-0.1, -0.05) is 6.42 Å². The molecule has 2 aliphatic heterocycles. The SMILES string of the molecule is NCCOCCOCCNC(=O)CCCCC1SCC2NC(=S)NC21. The third-order valence-corrected chi connectivity index (χ3v) is 6.03. The summed E-state index contributed by atoms with van der Waals surface area (Å²) < 4.78 is 10.6. The van der Waals surface area contributed by atoms with Crippen LogP contribution in [0.2, 0.25) is 0 Å². The van der Waals surface area contributed by atoms with Crippen molar-refractivity contribution >= 4 is 35.0 Å². The molecule has 2 heterocycles. The number of rotatable bonds is 13. The molecule has 5 N–H and O–H groups in total. The zero-order valence-electron chi connectivity index (χ0n) is 14.6. The molecular weight excluding hydrogens is 360 g/mol. The number of ether oxygens (including phenoxy) is 2. The van der Waals surface area contributed by atoms with Crippen molar-refractivity contribution in [3.05, 3.63) is 0 Å². The van der Waals surface area contributed by atoms with E-state index in [1.54, 1.807) is 0 Å². The lowest BCUT2D eigenvalue weighted by Crippen LogP contribution is -2.36. The lowest BCUT2D eigenvalue weighted by Gasteiger charge is -2.16. The van der Waals surface area contributed by atoms with Crippen molar-refractivity contribution in [3.63, 3.8) is 0 Å². The molecule has 0 radical (unpaired) electrons. The molecule has 2 aliphatic rings. The average Bonchev–Trinajstić information content (AvgIpc) is 3.13. The number of carbonyl (C=O) groups excluding carboxylic acids is 1. The monoisotopic (exact) mass is 390 g/mol. The molecule has 3 unspecified atom stereocenters. The number of thiocarbonyl (C=S) groups is 1. The number of fused-ring (bicyclic) bond motifs is 1. The first-order valence-corrected chi connectivity index (χ1v) is 10.5. The van der Waals surface area contributed by atoms with Gasteiger partial charge in [0.15, 0.2) is 5.11 Å². The van der Waals surface area contributed by atoms with Gasteiger partial charge in [0, 0.05) is 30.5 Å². The summed E-state index contributed by atoms with van der Waals surface area (Å²) >= 11 is 7.18. The van der Waals surface area contributed by atoms with E-state index in [2.05, 4.69) is 16.0 Å². The highest BCUT2D eigenvalue weighted by Crippen LogP contribution is 2.33. The maximum atomic E-state index is 11.8. The van der Waals surface area contributed by atoms with Crippen molar-refractivity contribution in [2.75, 3.05) is 45.3 Å². The summed E-state index contributed by atoms with van der Waals surface area (Å²) in [6, 6.07) is 0.934. The van der Waals surface area contributed by atoms with Gasteiger partial charge >= 0.3 is 0 Å². The van der Waals surface area contributed by atoms with Crippen molar-refractivity contribution in [1.29, 1.82) is 0 Å². The molecule has 2 rings (SSSR count). The van der Waals surface area contributed by atoms with Crippen LogP contribution in [0.25, 0.3) is 0 Å². The average molecular weight is 391 g/mol. The van der Waals surface area contributed by atoms with Crippen LogP contribution in [0.5, 0.6) is 0 Å². The third kappa shape index (κ3) is 7.65. The second kappa shape index (κ2) is 11.9. The van der Waals surface area contributed by atoms with Gasteiger partial charge in [0.2, 0.25) is 5.91 Å². The fraction of sp³-hybridized carbons (Fsp3) is 0.875. The minimum absolute atomic E-state index is 0.0989. The van der Waals surface area contributed by atoms with Crippen molar-refractivity contribution in [3.8, 4) is 0 Å². The van der Waals surface area contributed by atoms with Crippen LogP contribution in [0.4, 0.5) is 0 Å². The molecule has 2 fully saturated rings. The summed E-state index contributed by atoms with van der Waals surface area (Å²) in [6.07, 6.45) is 3.70. The summed E-state index contributed by atoms with van der Waals surface area (Å²) in [7, 11) is 0. The van der Waals surface area contributed by atoms with E-state index in [0.717, 1.165) is 30.1 Å². The van der Waals surface area contributed by atoms with Gasteiger partial charge in [-0.25, -0.2) is 0 Å². The molecular formula is C16H30N4O3S2. The summed E-state index contributed by atoms with van der Waals surface area (Å²) in [4.78, 5) is 11.8. The van der Waals surface area contributed by atoms with Gasteiger partial charge in [-0.2, -0.15) is 11.8 Å². The van der Waals surface area contributed by atoms with Gasteiger partial charge in [0.25, 0.3) is 0 Å². The van der Waals surface area contributed by atoms with Crippen molar-refractivity contribution in [1.82, 2.24) is 16.0 Å². The highest BCUT2D eigenvalue weighted by Gasteiger charge is 2.41. The zero-order valence-corrected chi connectivity index (χ0v) is 16.3. The Kier molecular flexibility index (Phi) is 9.85. The Morgan fingerprint density at radius 2 is 2.04 bits per heavy atom. The third-order valence-electron chi connectivity index (χ3n) is 4.28. The minimum Gasteiger partial charge on any atom is -0.378 e. The van der Waals surface area contributed by atoms with E-state index in [1.807, 2.05) is 11.8 Å². The fourth-order valence-corrected chi connectivity index (χ4v) is 4.86. The Morgan fingerprint density at radius 3 is 2.84 bits per heavy atom. The van der Waals surface area contributed by atoms with Crippen LogP contribution in [0.15, 0.2) is 0 Å². The van der Waals surface area contributed by atoms with Gasteiger partial charge < -0.3 is 31.2 Å². The van der Waals surface area contributed by atoms with Crippen LogP contribution in [0.3, 0.4) is 0 Å². The predicted octanol–water partition coefficient (Wildman–Crippen LogP) is -0.0148. The standard InChI is InChI=1S/C16H30N4O3S2/c17-5-7-22-9-10-23-8-6-18-14(21)4-2-1-3-13-15-12(11-25-13)19-16(24)20-15/h12-13,15H,1-11,17H2,(H,18,21)(H2,19,20,24). The molecule has 144 valence electrons. The lowest BCUT2D eigenvalue weighted by molar-refractivity contribution is -0.121. The molecule has 0 aromatic carbocycles. The van der Waals surface area contributed by atoms with E-state index in [0.29, 0.717) is 63.3 Å². The normalized spacial score (nSPS) is 24.7. The highest BCUT2D eigenvalue weighted by molar-refractivity contribution is 8.00. The Labute approximate surface area is 159 Å². The predicted molar refractivity (Wildman–Crippen MR) is 105 cm³/mol. The van der Waals surface area contributed by atoms with Gasteiger partial charge in [-0.3, -0.25) is 4.79 Å². The first kappa shape index (κ1) is 20.7. The summed E-state index contributed by atoms with van der Waals surface area (Å²) in [5.41, 5.74) is 5.31. The number of amides is 1. The molecule has 0 aromatic heterocycles. The Balaban J connectivity index is 1.41. The maximum absolute atomic E-state index is 11.8. The first-order valence-electron chi connectivity index (χ1n) is 9.01. The number of hydrogen-bond acceptors (Lipinski definition) is 6. The van der Waals surface area contributed by atoms with Gasteiger partial charge in [0.1, 0.15) is 0 Å². The van der Waals surface area contributed by atoms with Gasteiger partial charge in [-0.05, 0) is 25.1 Å². The van der Waals surface area contributed by atoms with E-state index in [1.165, 1.54) is 0 Å². The van der Waals surface area contributed by atoms with Crippen LogP contribution < -0.4 is 21.7 Å². The summed E-state index contributed by atoms with van der Waals surface area (Å²) in [5.74, 6) is 1.21. The van der Waals surface area contributed by atoms with Crippen LogP contribution in [0, 0.1) is 0 Å². The second-order valence-corrected chi connectivity index (χ2v) is 7.91. The molecule has 2 saturated heterocycles. The van der Waals surface area contributed by atoms with E-state index in [9.17, 15) is 4.79 Å². The van der Waals surface area contributed by atoms with Gasteiger partial charge in [0.05, 0.1) is 38.5 Å². The molecule has 25 heavy (non-hydrogen) atoms. The van der Waals surface area contributed by atoms with E-state index >= 15 is 0 Å². The van der Waals surface area contributed by atoms with Crippen LogP contribution in [0.1, 0.15) is 25.7 Å². The molecule has 3 atom stereocenters. The van der Waals surface area contributed by atoms with Crippen LogP contribution in [-0.4, -0.2) is 73.6 Å². The molecule has 0 saturated carbocycles. The van der Waals surface area contributed by atoms with Crippen molar-refractivity contribution < 1.29 is 14.3 Å². The molecule has 0 aromatic rings. The van der Waals surface area contributed by atoms with Crippen molar-refractivity contribution in [2.45, 2.75) is 43.0 Å². The minimum atomic E-state index is 0.0989. The van der Waals surface area contributed by atoms with Crippen molar-refractivity contribution in [2.24, 2.45) is 5.73 Å². The number of nitrogens with two attached hydrogens (primary N) is 1. The molecule has 0 bridgehead atoms. The Hall–Kier alpha value is -0.610.